The monoisotopic (exact) mass is 941 g/mol. The van der Waals surface area contributed by atoms with E-state index in [2.05, 4.69) is 35.2 Å². The fraction of sp³-hybridized carbons (Fsp3) is 0.574. The second-order valence-electron chi connectivity index (χ2n) is 19.5. The zero-order valence-corrected chi connectivity index (χ0v) is 39.2. The molecule has 4 amide bonds. The van der Waals surface area contributed by atoms with Gasteiger partial charge in [0.15, 0.2) is 11.6 Å². The number of aryl methyl sites for hydroxylation is 2. The first kappa shape index (κ1) is 45.5. The van der Waals surface area contributed by atoms with Crippen LogP contribution in [0.2, 0.25) is 0 Å². The summed E-state index contributed by atoms with van der Waals surface area (Å²) in [6.45, 7) is 8.01. The highest BCUT2D eigenvalue weighted by Gasteiger charge is 2.61. The molecule has 10 rings (SSSR count). The molecule has 4 aromatic rings. The molecule has 3 aliphatic carbocycles. The third kappa shape index (κ3) is 8.86. The molecule has 67 heavy (non-hydrogen) atoms. The minimum Gasteiger partial charge on any atom is -0.393 e. The lowest BCUT2D eigenvalue weighted by molar-refractivity contribution is -0.121. The molecule has 0 bridgehead atoms. The third-order valence-electron chi connectivity index (χ3n) is 14.8. The van der Waals surface area contributed by atoms with Crippen molar-refractivity contribution in [2.45, 2.75) is 119 Å². The maximum absolute atomic E-state index is 16.1. The van der Waals surface area contributed by atoms with Crippen molar-refractivity contribution in [3.63, 3.8) is 0 Å². The van der Waals surface area contributed by atoms with E-state index in [0.29, 0.717) is 70.9 Å². The van der Waals surface area contributed by atoms with Crippen LogP contribution >= 0.6 is 0 Å². The number of carbonyl (C=O) groups excluding carboxylic acids is 3. The first-order chi connectivity index (χ1) is 32.2. The number of fused-ring (bicyclic) bond motifs is 3. The molecule has 2 unspecified atom stereocenters. The Balaban J connectivity index is 0.673. The standard InChI is InChI=1S/C47H60FN11O7S/c1-28-23-34(11-13-37(28)50-45-49-25-36-43(52-45)59(44(62)47(36)16-17-47)31-5-4-6-32(60)24-31)67(64,65)54-29(2)27-66-33-9-7-30(8-10-33)26-56-19-21-57(22-20-56)38-14-12-35-41(40(38)48)55(3)53-42(35)58-18-15-39(61)51-46(58)63/h11-14,23,25,29-33,54,60H,4-10,15-22,24,26-27H2,1-3H3,(H,49,50,52)(H,51,61,63)/t29?,30?,31?,32-,33?/m1/s1. The van der Waals surface area contributed by atoms with Crippen LogP contribution in [0.25, 0.3) is 10.9 Å². The van der Waals surface area contributed by atoms with Gasteiger partial charge in [0.05, 0.1) is 34.8 Å². The Bertz CT molecular complexity index is 2700. The number of aliphatic hydroxyl groups is 1. The quantitative estimate of drug-likeness (QED) is 0.143. The van der Waals surface area contributed by atoms with Crippen LogP contribution in [0, 0.1) is 18.7 Å². The van der Waals surface area contributed by atoms with E-state index in [9.17, 15) is 27.9 Å². The molecule has 2 saturated heterocycles. The number of carbonyl (C=O) groups is 3. The number of urea groups is 1. The Kier molecular flexibility index (Phi) is 12.2. The summed E-state index contributed by atoms with van der Waals surface area (Å²) in [6, 6.07) is 7.33. The van der Waals surface area contributed by atoms with Crippen LogP contribution in [0.4, 0.5) is 38.1 Å². The molecule has 3 aliphatic heterocycles. The highest BCUT2D eigenvalue weighted by molar-refractivity contribution is 7.89. The Morgan fingerprint density at radius 1 is 1.00 bits per heavy atom. The lowest BCUT2D eigenvalue weighted by Crippen LogP contribution is -2.49. The fourth-order valence-corrected chi connectivity index (χ4v) is 12.3. The highest BCUT2D eigenvalue weighted by atomic mass is 32.2. The van der Waals surface area contributed by atoms with E-state index in [0.717, 1.165) is 83.0 Å². The van der Waals surface area contributed by atoms with Crippen molar-refractivity contribution in [3.8, 4) is 0 Å². The number of hydrogen-bond acceptors (Lipinski definition) is 13. The molecule has 3 saturated carbocycles. The molecule has 4 N–H and O–H groups in total. The first-order valence-corrected chi connectivity index (χ1v) is 25.3. The minimum absolute atomic E-state index is 0.0561. The van der Waals surface area contributed by atoms with Gasteiger partial charge in [-0.3, -0.25) is 34.3 Å². The molecule has 5 fully saturated rings. The predicted octanol–water partition coefficient (Wildman–Crippen LogP) is 4.75. The highest BCUT2D eigenvalue weighted by Crippen LogP contribution is 2.58. The number of benzene rings is 2. The van der Waals surface area contributed by atoms with Gasteiger partial charge in [0.1, 0.15) is 11.3 Å². The topological polar surface area (TPSA) is 207 Å². The van der Waals surface area contributed by atoms with Gasteiger partial charge in [0.25, 0.3) is 0 Å². The number of hydrogen-bond donors (Lipinski definition) is 4. The first-order valence-electron chi connectivity index (χ1n) is 23.8. The molecule has 3 atom stereocenters. The van der Waals surface area contributed by atoms with Gasteiger partial charge in [-0.1, -0.05) is 0 Å². The molecule has 2 aromatic heterocycles. The van der Waals surface area contributed by atoms with Crippen molar-refractivity contribution in [2.24, 2.45) is 13.0 Å². The summed E-state index contributed by atoms with van der Waals surface area (Å²) in [5, 5.41) is 20.9. The summed E-state index contributed by atoms with van der Waals surface area (Å²) in [5.74, 6) is 1.12. The lowest BCUT2D eigenvalue weighted by Gasteiger charge is -2.39. The summed E-state index contributed by atoms with van der Waals surface area (Å²) in [6.07, 6.45) is 9.85. The maximum atomic E-state index is 16.1. The summed E-state index contributed by atoms with van der Waals surface area (Å²) in [4.78, 5) is 55.0. The summed E-state index contributed by atoms with van der Waals surface area (Å²) in [7, 11) is -2.19. The predicted molar refractivity (Wildman–Crippen MR) is 249 cm³/mol. The van der Waals surface area contributed by atoms with Crippen LogP contribution in [-0.2, 0) is 36.8 Å². The van der Waals surface area contributed by atoms with E-state index in [1.54, 1.807) is 48.5 Å². The maximum Gasteiger partial charge on any atom is 0.329 e. The van der Waals surface area contributed by atoms with Crippen molar-refractivity contribution in [3.05, 3.63) is 53.5 Å². The lowest BCUT2D eigenvalue weighted by atomic mass is 9.87. The smallest absolute Gasteiger partial charge is 0.329 e. The normalized spacial score (nSPS) is 24.9. The Labute approximate surface area is 389 Å². The Morgan fingerprint density at radius 3 is 2.49 bits per heavy atom. The number of sulfonamides is 1. The average Bonchev–Trinajstić information content (AvgIpc) is 3.99. The van der Waals surface area contributed by atoms with Crippen molar-refractivity contribution in [1.82, 2.24) is 34.7 Å². The Morgan fingerprint density at radius 2 is 1.78 bits per heavy atom. The molecule has 6 aliphatic rings. The van der Waals surface area contributed by atoms with Gasteiger partial charge < -0.3 is 20.1 Å². The molecule has 20 heteroatoms. The summed E-state index contributed by atoms with van der Waals surface area (Å²) < 4.78 is 53.6. The SMILES string of the molecule is Cc1cc(S(=O)(=O)NC(C)COC2CCC(CN3CCN(c4ccc5c(N6CCC(=O)NC6=O)nn(C)c5c4F)CC3)CC2)ccc1Nc1ncc2c(n1)N(C1CCC[C@@H](O)C1)C(=O)C21CC1. The van der Waals surface area contributed by atoms with E-state index in [1.165, 1.54) is 9.58 Å². The van der Waals surface area contributed by atoms with Crippen LogP contribution in [-0.4, -0.2) is 126 Å². The second-order valence-corrected chi connectivity index (χ2v) is 21.3. The molecule has 2 aromatic carbocycles. The molecule has 0 radical (unpaired) electrons. The summed E-state index contributed by atoms with van der Waals surface area (Å²) in [5.41, 5.74) is 2.47. The molecule has 358 valence electrons. The van der Waals surface area contributed by atoms with Gasteiger partial charge in [0.2, 0.25) is 27.8 Å². The largest absolute Gasteiger partial charge is 0.393 e. The number of amides is 4. The molecule has 18 nitrogen and oxygen atoms in total. The van der Waals surface area contributed by atoms with Crippen LogP contribution in [0.1, 0.15) is 88.7 Å². The van der Waals surface area contributed by atoms with Gasteiger partial charge in [-0.2, -0.15) is 10.1 Å². The zero-order chi connectivity index (χ0) is 46.8. The molecular weight excluding hydrogens is 882 g/mol. The number of anilines is 5. The third-order valence-corrected chi connectivity index (χ3v) is 16.4. The number of nitrogens with one attached hydrogen (secondary N) is 3. The van der Waals surface area contributed by atoms with E-state index < -0.39 is 33.6 Å². The van der Waals surface area contributed by atoms with E-state index in [-0.39, 0.29) is 54.2 Å². The number of imide groups is 1. The van der Waals surface area contributed by atoms with Crippen molar-refractivity contribution < 1.29 is 37.0 Å². The van der Waals surface area contributed by atoms with Gasteiger partial charge >= 0.3 is 6.03 Å². The van der Waals surface area contributed by atoms with Crippen LogP contribution in [0.3, 0.4) is 0 Å². The van der Waals surface area contributed by atoms with Crippen molar-refractivity contribution in [2.75, 3.05) is 65.9 Å². The van der Waals surface area contributed by atoms with Gasteiger partial charge in [-0.25, -0.2) is 27.3 Å². The number of halogens is 1. The van der Waals surface area contributed by atoms with Crippen LogP contribution < -0.4 is 30.1 Å². The minimum atomic E-state index is -3.85. The molecular formula is C47H60FN11O7S. The number of piperazine rings is 1. The van der Waals surface area contributed by atoms with Gasteiger partial charge in [-0.05, 0) is 120 Å². The zero-order valence-electron chi connectivity index (χ0n) is 38.3. The van der Waals surface area contributed by atoms with E-state index in [4.69, 9.17) is 9.72 Å². The number of aliphatic hydroxyl groups excluding tert-OH is 1. The second kappa shape index (κ2) is 18.0. The van der Waals surface area contributed by atoms with Gasteiger partial charge in [-0.15, -0.1) is 0 Å². The van der Waals surface area contributed by atoms with Crippen molar-refractivity contribution in [1.29, 1.82) is 0 Å². The number of aromatic nitrogens is 4. The molecule has 5 heterocycles. The molecule has 1 spiro atoms. The van der Waals surface area contributed by atoms with Crippen LogP contribution in [0.15, 0.2) is 41.4 Å². The van der Waals surface area contributed by atoms with Crippen molar-refractivity contribution >= 4 is 67.7 Å². The average molecular weight is 942 g/mol. The van der Waals surface area contributed by atoms with E-state index in [1.807, 2.05) is 13.8 Å². The number of rotatable bonds is 13. The Hall–Kier alpha value is -5.28. The van der Waals surface area contributed by atoms with E-state index >= 15 is 4.39 Å². The number of nitrogens with zero attached hydrogens (tertiary/aromatic N) is 8. The summed E-state index contributed by atoms with van der Waals surface area (Å²) >= 11 is 0. The van der Waals surface area contributed by atoms with Gasteiger partial charge in [0, 0.05) is 87.7 Å². The van der Waals surface area contributed by atoms with Crippen LogP contribution in [0.5, 0.6) is 0 Å². The number of ether oxygens (including phenoxy) is 1. The fourth-order valence-electron chi connectivity index (χ4n) is 11.0.